The van der Waals surface area contributed by atoms with Crippen LogP contribution in [0.5, 0.6) is 11.5 Å². The number of amides is 2. The number of ether oxygens (including phenoxy) is 2. The Labute approximate surface area is 143 Å². The number of thioether (sulfide) groups is 1. The molecule has 0 atom stereocenters. The highest BCUT2D eigenvalue weighted by Crippen LogP contribution is 2.34. The monoisotopic (exact) mass is 351 g/mol. The van der Waals surface area contributed by atoms with E-state index in [0.29, 0.717) is 23.7 Å². The summed E-state index contributed by atoms with van der Waals surface area (Å²) in [6.07, 6.45) is 1.30. The van der Waals surface area contributed by atoms with Crippen molar-refractivity contribution in [2.75, 3.05) is 20.3 Å². The van der Waals surface area contributed by atoms with Gasteiger partial charge in [0.1, 0.15) is 0 Å². The van der Waals surface area contributed by atoms with E-state index in [0.717, 1.165) is 16.7 Å². The molecule has 1 aromatic carbocycles. The van der Waals surface area contributed by atoms with Crippen LogP contribution in [0.1, 0.15) is 18.9 Å². The van der Waals surface area contributed by atoms with Crippen LogP contribution in [-0.2, 0) is 9.59 Å². The molecule has 0 saturated carbocycles. The van der Waals surface area contributed by atoms with Crippen molar-refractivity contribution in [1.82, 2.24) is 4.90 Å². The molecule has 1 heterocycles. The molecule has 0 aromatic heterocycles. The number of hydrogen-bond donors (Lipinski definition) is 1. The lowest BCUT2D eigenvalue weighted by Gasteiger charge is -2.10. The highest BCUT2D eigenvalue weighted by atomic mass is 32.2. The number of carbonyl (C=O) groups excluding carboxylic acids is 2. The van der Waals surface area contributed by atoms with E-state index in [1.165, 1.54) is 7.11 Å². The van der Waals surface area contributed by atoms with Gasteiger partial charge in [-0.05, 0) is 42.5 Å². The van der Waals surface area contributed by atoms with Crippen molar-refractivity contribution in [2.45, 2.75) is 13.3 Å². The maximum absolute atomic E-state index is 12.2. The van der Waals surface area contributed by atoms with E-state index in [1.54, 1.807) is 24.3 Å². The second kappa shape index (κ2) is 7.87. The SMILES string of the molecule is CCOc1ccc(/C=C2\SC(=O)N(CCC(=O)O)C2=O)cc1OC. The van der Waals surface area contributed by atoms with Crippen LogP contribution < -0.4 is 9.47 Å². The van der Waals surface area contributed by atoms with Gasteiger partial charge in [0, 0.05) is 6.54 Å². The minimum Gasteiger partial charge on any atom is -0.493 e. The number of rotatable bonds is 7. The highest BCUT2D eigenvalue weighted by molar-refractivity contribution is 8.18. The van der Waals surface area contributed by atoms with Gasteiger partial charge in [0.05, 0.1) is 25.0 Å². The molecule has 1 aromatic rings. The first-order chi connectivity index (χ1) is 11.5. The maximum Gasteiger partial charge on any atom is 0.305 e. The van der Waals surface area contributed by atoms with Crippen molar-refractivity contribution in [1.29, 1.82) is 0 Å². The molecule has 2 rings (SSSR count). The molecule has 24 heavy (non-hydrogen) atoms. The number of benzene rings is 1. The Hall–Kier alpha value is -2.48. The zero-order valence-electron chi connectivity index (χ0n) is 13.3. The van der Waals surface area contributed by atoms with Crippen LogP contribution >= 0.6 is 11.8 Å². The first-order valence-electron chi connectivity index (χ1n) is 7.24. The lowest BCUT2D eigenvalue weighted by molar-refractivity contribution is -0.137. The fraction of sp³-hybridized carbons (Fsp3) is 0.312. The summed E-state index contributed by atoms with van der Waals surface area (Å²) >= 11 is 0.790. The van der Waals surface area contributed by atoms with Gasteiger partial charge in [-0.15, -0.1) is 0 Å². The zero-order valence-corrected chi connectivity index (χ0v) is 14.1. The van der Waals surface area contributed by atoms with Crippen molar-refractivity contribution >= 4 is 35.0 Å². The smallest absolute Gasteiger partial charge is 0.305 e. The molecule has 0 bridgehead atoms. The van der Waals surface area contributed by atoms with E-state index in [2.05, 4.69) is 0 Å². The Bertz CT molecular complexity index is 700. The molecular weight excluding hydrogens is 334 g/mol. The van der Waals surface area contributed by atoms with E-state index >= 15 is 0 Å². The largest absolute Gasteiger partial charge is 0.493 e. The van der Waals surface area contributed by atoms with Crippen LogP contribution in [0.2, 0.25) is 0 Å². The minimum atomic E-state index is -1.06. The van der Waals surface area contributed by atoms with E-state index in [-0.39, 0.29) is 17.9 Å². The van der Waals surface area contributed by atoms with Crippen LogP contribution in [0.15, 0.2) is 23.1 Å². The summed E-state index contributed by atoms with van der Waals surface area (Å²) in [5.74, 6) is -0.434. The minimum absolute atomic E-state index is 0.135. The average Bonchev–Trinajstić information content (AvgIpc) is 2.80. The second-order valence-electron chi connectivity index (χ2n) is 4.82. The summed E-state index contributed by atoms with van der Waals surface area (Å²) in [6, 6.07) is 5.18. The molecule has 0 unspecified atom stereocenters. The van der Waals surface area contributed by atoms with Gasteiger partial charge in [0.2, 0.25) is 0 Å². The van der Waals surface area contributed by atoms with Crippen molar-refractivity contribution in [3.05, 3.63) is 28.7 Å². The lowest BCUT2D eigenvalue weighted by Crippen LogP contribution is -2.30. The molecule has 1 saturated heterocycles. The third-order valence-corrected chi connectivity index (χ3v) is 4.12. The van der Waals surface area contributed by atoms with E-state index < -0.39 is 17.1 Å². The second-order valence-corrected chi connectivity index (χ2v) is 5.81. The van der Waals surface area contributed by atoms with Crippen LogP contribution in [0.3, 0.4) is 0 Å². The van der Waals surface area contributed by atoms with Crippen LogP contribution in [0, 0.1) is 0 Å². The zero-order chi connectivity index (χ0) is 17.7. The molecule has 2 amide bonds. The van der Waals surface area contributed by atoms with Crippen molar-refractivity contribution in [2.24, 2.45) is 0 Å². The van der Waals surface area contributed by atoms with Crippen molar-refractivity contribution < 1.29 is 29.0 Å². The van der Waals surface area contributed by atoms with Crippen LogP contribution in [-0.4, -0.2) is 47.4 Å². The van der Waals surface area contributed by atoms with Gasteiger partial charge >= 0.3 is 5.97 Å². The molecule has 0 spiro atoms. The number of carbonyl (C=O) groups is 3. The van der Waals surface area contributed by atoms with Crippen molar-refractivity contribution in [3.8, 4) is 11.5 Å². The predicted molar refractivity (Wildman–Crippen MR) is 89.1 cm³/mol. The number of aliphatic carboxylic acids is 1. The normalized spacial score (nSPS) is 15.9. The lowest BCUT2D eigenvalue weighted by atomic mass is 10.2. The first kappa shape index (κ1) is 17.9. The molecule has 7 nitrogen and oxygen atoms in total. The third-order valence-electron chi connectivity index (χ3n) is 3.21. The molecular formula is C16H17NO6S. The molecule has 128 valence electrons. The Morgan fingerprint density at radius 3 is 2.71 bits per heavy atom. The van der Waals surface area contributed by atoms with E-state index in [9.17, 15) is 14.4 Å². The average molecular weight is 351 g/mol. The Balaban J connectivity index is 2.20. The van der Waals surface area contributed by atoms with Gasteiger partial charge in [-0.3, -0.25) is 19.3 Å². The molecule has 1 N–H and O–H groups in total. The quantitative estimate of drug-likeness (QED) is 0.755. The standard InChI is InChI=1S/C16H17NO6S/c1-3-23-11-5-4-10(8-12(11)22-2)9-13-15(20)17(16(21)24-13)7-6-14(18)19/h4-5,8-9H,3,6-7H2,1-2H3,(H,18,19)/b13-9-. The third kappa shape index (κ3) is 4.08. The Kier molecular flexibility index (Phi) is 5.86. The summed E-state index contributed by atoms with van der Waals surface area (Å²) in [5, 5.41) is 8.21. The molecule has 1 aliphatic heterocycles. The van der Waals surface area contributed by atoms with Gasteiger partial charge in [-0.25, -0.2) is 0 Å². The summed E-state index contributed by atoms with van der Waals surface area (Å²) in [4.78, 5) is 35.9. The van der Waals surface area contributed by atoms with E-state index in [1.807, 2.05) is 6.92 Å². The van der Waals surface area contributed by atoms with Crippen molar-refractivity contribution in [3.63, 3.8) is 0 Å². The number of methoxy groups -OCH3 is 1. The van der Waals surface area contributed by atoms with Gasteiger partial charge in [0.15, 0.2) is 11.5 Å². The Morgan fingerprint density at radius 1 is 1.33 bits per heavy atom. The van der Waals surface area contributed by atoms with Gasteiger partial charge in [-0.1, -0.05) is 6.07 Å². The van der Waals surface area contributed by atoms with Gasteiger partial charge < -0.3 is 14.6 Å². The van der Waals surface area contributed by atoms with Crippen LogP contribution in [0.4, 0.5) is 4.79 Å². The van der Waals surface area contributed by atoms with Crippen LogP contribution in [0.25, 0.3) is 6.08 Å². The summed E-state index contributed by atoms with van der Waals surface area (Å²) in [7, 11) is 1.52. The van der Waals surface area contributed by atoms with E-state index in [4.69, 9.17) is 14.6 Å². The Morgan fingerprint density at radius 2 is 2.08 bits per heavy atom. The maximum atomic E-state index is 12.2. The summed E-state index contributed by atoms with van der Waals surface area (Å²) in [5.41, 5.74) is 0.680. The number of carboxylic acids is 1. The molecule has 1 fully saturated rings. The predicted octanol–water partition coefficient (Wildman–Crippen LogP) is 2.60. The first-order valence-corrected chi connectivity index (χ1v) is 8.06. The molecule has 0 radical (unpaired) electrons. The number of hydrogen-bond acceptors (Lipinski definition) is 6. The summed E-state index contributed by atoms with van der Waals surface area (Å²) in [6.45, 7) is 2.22. The fourth-order valence-electron chi connectivity index (χ4n) is 2.10. The number of carboxylic acid groups (broad SMARTS) is 1. The number of imide groups is 1. The molecule has 8 heteroatoms. The number of nitrogens with zero attached hydrogens (tertiary/aromatic N) is 1. The summed E-state index contributed by atoms with van der Waals surface area (Å²) < 4.78 is 10.7. The topological polar surface area (TPSA) is 93.1 Å². The highest BCUT2D eigenvalue weighted by Gasteiger charge is 2.35. The van der Waals surface area contributed by atoms with Gasteiger partial charge in [0.25, 0.3) is 11.1 Å². The molecule has 0 aliphatic carbocycles. The van der Waals surface area contributed by atoms with Gasteiger partial charge in [-0.2, -0.15) is 0 Å². The molecule has 1 aliphatic rings. The fourth-order valence-corrected chi connectivity index (χ4v) is 2.97.